The molecule has 1 heterocycles. The number of carbonyl (C=O) groups is 3. The number of rotatable bonds is 9. The number of aryl methyl sites for hydroxylation is 1. The number of furan rings is 1. The Hall–Kier alpha value is -3.69. The summed E-state index contributed by atoms with van der Waals surface area (Å²) in [7, 11) is 4.50. The van der Waals surface area contributed by atoms with Crippen LogP contribution in [0.1, 0.15) is 22.5 Å². The first-order valence-corrected chi connectivity index (χ1v) is 8.55. The molecule has 2 rings (SSSR count). The zero-order valence-electron chi connectivity index (χ0n) is 16.3. The molecule has 0 spiro atoms. The van der Waals surface area contributed by atoms with E-state index in [-0.39, 0.29) is 12.2 Å². The van der Waals surface area contributed by atoms with Gasteiger partial charge >= 0.3 is 11.9 Å². The van der Waals surface area contributed by atoms with E-state index in [1.807, 2.05) is 0 Å². The second-order valence-corrected chi connectivity index (χ2v) is 5.67. The van der Waals surface area contributed by atoms with Crippen molar-refractivity contribution in [2.45, 2.75) is 12.8 Å². The molecule has 0 saturated carbocycles. The van der Waals surface area contributed by atoms with Gasteiger partial charge in [0.25, 0.3) is 5.91 Å². The van der Waals surface area contributed by atoms with Crippen LogP contribution in [0.25, 0.3) is 0 Å². The maximum atomic E-state index is 11.9. The molecule has 29 heavy (non-hydrogen) atoms. The van der Waals surface area contributed by atoms with Crippen molar-refractivity contribution in [3.8, 4) is 17.2 Å². The van der Waals surface area contributed by atoms with Gasteiger partial charge in [0.15, 0.2) is 23.9 Å². The minimum Gasteiger partial charge on any atom is -0.493 e. The van der Waals surface area contributed by atoms with E-state index in [2.05, 4.69) is 10.9 Å². The fourth-order valence-corrected chi connectivity index (χ4v) is 2.38. The largest absolute Gasteiger partial charge is 0.493 e. The number of amides is 2. The number of benzene rings is 1. The summed E-state index contributed by atoms with van der Waals surface area (Å²) in [6.07, 6.45) is 1.70. The predicted octanol–water partition coefficient (Wildman–Crippen LogP) is 1.24. The minimum absolute atomic E-state index is 0.0324. The highest BCUT2D eigenvalue weighted by atomic mass is 16.5. The van der Waals surface area contributed by atoms with Gasteiger partial charge in [-0.25, -0.2) is 0 Å². The van der Waals surface area contributed by atoms with Gasteiger partial charge in [-0.2, -0.15) is 0 Å². The van der Waals surface area contributed by atoms with Crippen LogP contribution in [0.3, 0.4) is 0 Å². The summed E-state index contributed by atoms with van der Waals surface area (Å²) in [5.41, 5.74) is 5.03. The van der Waals surface area contributed by atoms with E-state index >= 15 is 0 Å². The average molecular weight is 406 g/mol. The van der Waals surface area contributed by atoms with E-state index in [0.29, 0.717) is 23.7 Å². The maximum absolute atomic E-state index is 11.9. The Labute approximate surface area is 167 Å². The molecule has 0 saturated heterocycles. The molecule has 1 aromatic heterocycles. The molecule has 0 aliphatic carbocycles. The number of methoxy groups -OCH3 is 3. The molecule has 1 aromatic carbocycles. The lowest BCUT2D eigenvalue weighted by atomic mass is 10.1. The fourth-order valence-electron chi connectivity index (χ4n) is 2.38. The molecular formula is C19H22N2O8. The Bertz CT molecular complexity index is 823. The number of hydrogen-bond donors (Lipinski definition) is 2. The van der Waals surface area contributed by atoms with Crippen molar-refractivity contribution >= 4 is 17.8 Å². The van der Waals surface area contributed by atoms with Crippen LogP contribution in [0.2, 0.25) is 0 Å². The first kappa shape index (κ1) is 21.6. The first-order valence-electron chi connectivity index (χ1n) is 8.55. The van der Waals surface area contributed by atoms with E-state index in [0.717, 1.165) is 5.56 Å². The monoisotopic (exact) mass is 406 g/mol. The number of hydrazine groups is 1. The molecule has 0 bridgehead atoms. The summed E-state index contributed by atoms with van der Waals surface area (Å²) in [6.45, 7) is -0.535. The highest BCUT2D eigenvalue weighted by Gasteiger charge is 2.15. The van der Waals surface area contributed by atoms with Crippen LogP contribution in [-0.4, -0.2) is 45.7 Å². The van der Waals surface area contributed by atoms with Gasteiger partial charge in [0, 0.05) is 6.42 Å². The van der Waals surface area contributed by atoms with Gasteiger partial charge in [-0.15, -0.1) is 0 Å². The number of carbonyl (C=O) groups excluding carboxylic acids is 3. The van der Waals surface area contributed by atoms with Crippen molar-refractivity contribution in [1.29, 1.82) is 0 Å². The van der Waals surface area contributed by atoms with E-state index in [1.54, 1.807) is 12.1 Å². The molecule has 156 valence electrons. The molecule has 0 fully saturated rings. The average Bonchev–Trinajstić information content (AvgIpc) is 3.28. The quantitative estimate of drug-likeness (QED) is 0.471. The van der Waals surface area contributed by atoms with Crippen molar-refractivity contribution in [2.75, 3.05) is 27.9 Å². The van der Waals surface area contributed by atoms with E-state index in [4.69, 9.17) is 23.4 Å². The van der Waals surface area contributed by atoms with E-state index < -0.39 is 24.4 Å². The van der Waals surface area contributed by atoms with Crippen LogP contribution in [0.5, 0.6) is 17.2 Å². The number of nitrogens with one attached hydrogen (secondary N) is 2. The molecule has 0 aliphatic rings. The summed E-state index contributed by atoms with van der Waals surface area (Å²) in [6, 6.07) is 6.42. The molecule has 0 atom stereocenters. The lowest BCUT2D eigenvalue weighted by Crippen LogP contribution is -2.43. The number of esters is 1. The zero-order chi connectivity index (χ0) is 21.2. The van der Waals surface area contributed by atoms with Crippen LogP contribution in [0.15, 0.2) is 34.9 Å². The first-order chi connectivity index (χ1) is 14.0. The van der Waals surface area contributed by atoms with Gasteiger partial charge < -0.3 is 23.4 Å². The van der Waals surface area contributed by atoms with Crippen LogP contribution in [0.4, 0.5) is 0 Å². The molecule has 2 aromatic rings. The van der Waals surface area contributed by atoms with Gasteiger partial charge in [-0.05, 0) is 36.2 Å². The third-order valence-corrected chi connectivity index (χ3v) is 3.77. The SMILES string of the molecule is COc1cc(CCC(=O)OCC(=O)NNC(=O)c2ccco2)cc(OC)c1OC. The van der Waals surface area contributed by atoms with Crippen molar-refractivity contribution in [1.82, 2.24) is 10.9 Å². The zero-order valence-corrected chi connectivity index (χ0v) is 16.3. The standard InChI is InChI=1S/C19H22N2O8/c1-25-14-9-12(10-15(26-2)18(14)27-3)6-7-17(23)29-11-16(22)20-21-19(24)13-5-4-8-28-13/h4-5,8-10H,6-7,11H2,1-3H3,(H,20,22)(H,21,24). The molecular weight excluding hydrogens is 384 g/mol. The minimum atomic E-state index is -0.689. The molecule has 2 amide bonds. The predicted molar refractivity (Wildman–Crippen MR) is 99.7 cm³/mol. The topological polar surface area (TPSA) is 125 Å². The highest BCUT2D eigenvalue weighted by Crippen LogP contribution is 2.38. The smallest absolute Gasteiger partial charge is 0.306 e. The van der Waals surface area contributed by atoms with Crippen molar-refractivity contribution in [2.24, 2.45) is 0 Å². The highest BCUT2D eigenvalue weighted by molar-refractivity contribution is 5.93. The van der Waals surface area contributed by atoms with E-state index in [9.17, 15) is 14.4 Å². The number of ether oxygens (including phenoxy) is 4. The Morgan fingerprint density at radius 2 is 1.69 bits per heavy atom. The molecule has 10 nitrogen and oxygen atoms in total. The second kappa shape index (κ2) is 10.6. The summed E-state index contributed by atoms with van der Waals surface area (Å²) in [5.74, 6) is -0.458. The summed E-state index contributed by atoms with van der Waals surface area (Å²) >= 11 is 0. The van der Waals surface area contributed by atoms with E-state index in [1.165, 1.54) is 39.7 Å². The van der Waals surface area contributed by atoms with Crippen LogP contribution >= 0.6 is 0 Å². The van der Waals surface area contributed by atoms with Gasteiger partial charge in [0.1, 0.15) is 0 Å². The normalized spacial score (nSPS) is 10.0. The lowest BCUT2D eigenvalue weighted by molar-refractivity contribution is -0.148. The molecule has 0 radical (unpaired) electrons. The maximum Gasteiger partial charge on any atom is 0.306 e. The van der Waals surface area contributed by atoms with Crippen LogP contribution < -0.4 is 25.1 Å². The van der Waals surface area contributed by atoms with Crippen molar-refractivity contribution in [3.63, 3.8) is 0 Å². The third-order valence-electron chi connectivity index (χ3n) is 3.77. The third kappa shape index (κ3) is 6.16. The Kier molecular flexibility index (Phi) is 7.89. The Balaban J connectivity index is 1.78. The fraction of sp³-hybridized carbons (Fsp3) is 0.316. The summed E-state index contributed by atoms with van der Waals surface area (Å²) < 4.78 is 25.5. The van der Waals surface area contributed by atoms with Gasteiger partial charge in [-0.1, -0.05) is 0 Å². The number of hydrogen-bond acceptors (Lipinski definition) is 8. The summed E-state index contributed by atoms with van der Waals surface area (Å²) in [4.78, 5) is 35.1. The molecule has 0 aliphatic heterocycles. The van der Waals surface area contributed by atoms with Gasteiger partial charge in [0.05, 0.1) is 27.6 Å². The Morgan fingerprint density at radius 1 is 1.00 bits per heavy atom. The Morgan fingerprint density at radius 3 is 2.24 bits per heavy atom. The lowest BCUT2D eigenvalue weighted by Gasteiger charge is -2.14. The summed E-state index contributed by atoms with van der Waals surface area (Å²) in [5, 5.41) is 0. The van der Waals surface area contributed by atoms with Gasteiger partial charge in [0.2, 0.25) is 5.75 Å². The molecule has 2 N–H and O–H groups in total. The van der Waals surface area contributed by atoms with Gasteiger partial charge in [-0.3, -0.25) is 25.2 Å². The van der Waals surface area contributed by atoms with Crippen molar-refractivity contribution in [3.05, 3.63) is 41.9 Å². The molecule has 0 unspecified atom stereocenters. The van der Waals surface area contributed by atoms with Crippen LogP contribution in [-0.2, 0) is 20.7 Å². The molecule has 10 heteroatoms. The van der Waals surface area contributed by atoms with Crippen molar-refractivity contribution < 1.29 is 37.7 Å². The second-order valence-electron chi connectivity index (χ2n) is 5.67. The van der Waals surface area contributed by atoms with Crippen LogP contribution in [0, 0.1) is 0 Å².